The van der Waals surface area contributed by atoms with Gasteiger partial charge in [0, 0.05) is 35.1 Å². The molecule has 0 radical (unpaired) electrons. The maximum atomic E-state index is 11.0. The Morgan fingerprint density at radius 1 is 1.24 bits per heavy atom. The molecule has 0 bridgehead atoms. The van der Waals surface area contributed by atoms with Crippen LogP contribution in [0.2, 0.25) is 5.02 Å². The third kappa shape index (κ3) is 2.88. The van der Waals surface area contributed by atoms with Crippen LogP contribution in [0.1, 0.15) is 5.56 Å². The number of pyridine rings is 1. The molecule has 0 unspecified atom stereocenters. The van der Waals surface area contributed by atoms with Gasteiger partial charge in [0.15, 0.2) is 5.43 Å². The van der Waals surface area contributed by atoms with E-state index in [2.05, 4.69) is 0 Å². The number of benzene rings is 1. The predicted molar refractivity (Wildman–Crippen MR) is 67.8 cm³/mol. The molecule has 0 aliphatic heterocycles. The second-order valence-electron chi connectivity index (χ2n) is 3.66. The highest BCUT2D eigenvalue weighted by Crippen LogP contribution is 2.23. The van der Waals surface area contributed by atoms with Gasteiger partial charge in [-0.25, -0.2) is 0 Å². The Morgan fingerprint density at radius 3 is 2.59 bits per heavy atom. The Bertz CT molecular complexity index is 557. The second kappa shape index (κ2) is 5.06. The van der Waals surface area contributed by atoms with Crippen molar-refractivity contribution in [2.24, 2.45) is 0 Å². The first kappa shape index (κ1) is 11.7. The van der Waals surface area contributed by atoms with E-state index in [9.17, 15) is 4.79 Å². The van der Waals surface area contributed by atoms with E-state index in [1.807, 2.05) is 16.7 Å². The Kier molecular flexibility index (Phi) is 3.49. The number of nitrogens with zero attached hydrogens (tertiary/aromatic N) is 1. The largest absolute Gasteiger partial charge is 0.496 e. The van der Waals surface area contributed by atoms with Gasteiger partial charge in [-0.1, -0.05) is 11.6 Å². The molecule has 1 heterocycles. The first-order chi connectivity index (χ1) is 8.19. The quantitative estimate of drug-likeness (QED) is 0.837. The van der Waals surface area contributed by atoms with Crippen molar-refractivity contribution in [3.8, 4) is 5.75 Å². The van der Waals surface area contributed by atoms with E-state index >= 15 is 0 Å². The lowest BCUT2D eigenvalue weighted by molar-refractivity contribution is 0.408. The third-order valence-electron chi connectivity index (χ3n) is 2.46. The van der Waals surface area contributed by atoms with Crippen LogP contribution in [0.5, 0.6) is 5.75 Å². The fourth-order valence-corrected chi connectivity index (χ4v) is 1.81. The van der Waals surface area contributed by atoms with Crippen molar-refractivity contribution in [3.05, 3.63) is 63.5 Å². The van der Waals surface area contributed by atoms with Crippen LogP contribution >= 0.6 is 11.6 Å². The van der Waals surface area contributed by atoms with Gasteiger partial charge in [-0.05, 0) is 18.2 Å². The molecule has 88 valence electrons. The highest BCUT2D eigenvalue weighted by molar-refractivity contribution is 6.30. The van der Waals surface area contributed by atoms with Gasteiger partial charge < -0.3 is 9.30 Å². The zero-order chi connectivity index (χ0) is 12.3. The molecule has 0 amide bonds. The number of halogens is 1. The van der Waals surface area contributed by atoms with Crippen molar-refractivity contribution in [3.63, 3.8) is 0 Å². The molecular weight excluding hydrogens is 238 g/mol. The number of rotatable bonds is 3. The first-order valence-corrected chi connectivity index (χ1v) is 5.55. The van der Waals surface area contributed by atoms with Crippen LogP contribution in [0.3, 0.4) is 0 Å². The number of hydrogen-bond acceptors (Lipinski definition) is 2. The molecule has 17 heavy (non-hydrogen) atoms. The van der Waals surface area contributed by atoms with Crippen LogP contribution < -0.4 is 10.2 Å². The standard InChI is InChI=1S/C13H12ClNO2/c1-17-13-3-2-11(14)8-10(13)9-15-6-4-12(16)5-7-15/h2-8H,9H2,1H3. The van der Waals surface area contributed by atoms with E-state index in [-0.39, 0.29) is 5.43 Å². The van der Waals surface area contributed by atoms with Crippen LogP contribution in [0.15, 0.2) is 47.5 Å². The fraction of sp³-hybridized carbons (Fsp3) is 0.154. The van der Waals surface area contributed by atoms with Crippen LogP contribution in [-0.4, -0.2) is 11.7 Å². The zero-order valence-electron chi connectivity index (χ0n) is 9.39. The van der Waals surface area contributed by atoms with Crippen molar-refractivity contribution < 1.29 is 4.74 Å². The summed E-state index contributed by atoms with van der Waals surface area (Å²) < 4.78 is 7.16. The van der Waals surface area contributed by atoms with Crippen molar-refractivity contribution in [1.29, 1.82) is 0 Å². The van der Waals surface area contributed by atoms with Crippen molar-refractivity contribution in [2.75, 3.05) is 7.11 Å². The van der Waals surface area contributed by atoms with Gasteiger partial charge in [0.05, 0.1) is 13.7 Å². The minimum Gasteiger partial charge on any atom is -0.496 e. The van der Waals surface area contributed by atoms with Crippen LogP contribution in [-0.2, 0) is 6.54 Å². The number of ether oxygens (including phenoxy) is 1. The van der Waals surface area contributed by atoms with E-state index in [0.29, 0.717) is 11.6 Å². The minimum atomic E-state index is -0.000640. The summed E-state index contributed by atoms with van der Waals surface area (Å²) in [5, 5.41) is 0.668. The summed E-state index contributed by atoms with van der Waals surface area (Å²) in [6.07, 6.45) is 3.48. The lowest BCUT2D eigenvalue weighted by atomic mass is 10.2. The molecule has 1 aromatic heterocycles. The maximum Gasteiger partial charge on any atom is 0.181 e. The molecule has 0 fully saturated rings. The van der Waals surface area contributed by atoms with E-state index < -0.39 is 0 Å². The predicted octanol–water partition coefficient (Wildman–Crippen LogP) is 2.56. The number of hydrogen-bond donors (Lipinski definition) is 0. The molecule has 0 spiro atoms. The average Bonchev–Trinajstić information content (AvgIpc) is 2.32. The smallest absolute Gasteiger partial charge is 0.181 e. The summed E-state index contributed by atoms with van der Waals surface area (Å²) in [6.45, 7) is 0.615. The van der Waals surface area contributed by atoms with Crippen molar-refractivity contribution in [1.82, 2.24) is 4.57 Å². The summed E-state index contributed by atoms with van der Waals surface area (Å²) >= 11 is 5.95. The second-order valence-corrected chi connectivity index (χ2v) is 4.10. The highest BCUT2D eigenvalue weighted by Gasteiger charge is 2.03. The van der Waals surface area contributed by atoms with Gasteiger partial charge >= 0.3 is 0 Å². The molecule has 1 aromatic carbocycles. The van der Waals surface area contributed by atoms with Gasteiger partial charge in [0.2, 0.25) is 0 Å². The van der Waals surface area contributed by atoms with Gasteiger partial charge in [0.1, 0.15) is 5.75 Å². The van der Waals surface area contributed by atoms with Crippen LogP contribution in [0, 0.1) is 0 Å². The molecule has 3 nitrogen and oxygen atoms in total. The molecule has 0 atom stereocenters. The topological polar surface area (TPSA) is 31.2 Å². The molecular formula is C13H12ClNO2. The molecule has 2 aromatic rings. The Balaban J connectivity index is 2.31. The molecule has 0 aliphatic rings. The lowest BCUT2D eigenvalue weighted by Crippen LogP contribution is -2.05. The Labute approximate surface area is 104 Å². The van der Waals surface area contributed by atoms with Gasteiger partial charge in [-0.15, -0.1) is 0 Å². The van der Waals surface area contributed by atoms with E-state index in [1.165, 1.54) is 12.1 Å². The fourth-order valence-electron chi connectivity index (χ4n) is 1.62. The summed E-state index contributed by atoms with van der Waals surface area (Å²) in [5.74, 6) is 0.785. The minimum absolute atomic E-state index is 0.000640. The first-order valence-electron chi connectivity index (χ1n) is 5.17. The molecule has 0 N–H and O–H groups in total. The molecule has 0 aliphatic carbocycles. The lowest BCUT2D eigenvalue weighted by Gasteiger charge is -2.10. The summed E-state index contributed by atoms with van der Waals surface area (Å²) in [5.41, 5.74) is 0.975. The van der Waals surface area contributed by atoms with Crippen molar-refractivity contribution in [2.45, 2.75) is 6.54 Å². The monoisotopic (exact) mass is 249 g/mol. The SMILES string of the molecule is COc1ccc(Cl)cc1Cn1ccc(=O)cc1. The average molecular weight is 250 g/mol. The number of aromatic nitrogens is 1. The number of methoxy groups -OCH3 is 1. The van der Waals surface area contributed by atoms with Gasteiger partial charge in [-0.3, -0.25) is 4.79 Å². The van der Waals surface area contributed by atoms with E-state index in [4.69, 9.17) is 16.3 Å². The zero-order valence-corrected chi connectivity index (χ0v) is 10.1. The van der Waals surface area contributed by atoms with Crippen LogP contribution in [0.25, 0.3) is 0 Å². The van der Waals surface area contributed by atoms with Gasteiger partial charge in [-0.2, -0.15) is 0 Å². The molecule has 2 rings (SSSR count). The Morgan fingerprint density at radius 2 is 1.94 bits per heavy atom. The van der Waals surface area contributed by atoms with Crippen molar-refractivity contribution >= 4 is 11.6 Å². The van der Waals surface area contributed by atoms with Crippen LogP contribution in [0.4, 0.5) is 0 Å². The Hall–Kier alpha value is -1.74. The normalized spacial score (nSPS) is 10.2. The summed E-state index contributed by atoms with van der Waals surface area (Å²) in [6, 6.07) is 8.53. The summed E-state index contributed by atoms with van der Waals surface area (Å²) in [4.78, 5) is 11.0. The highest BCUT2D eigenvalue weighted by atomic mass is 35.5. The maximum absolute atomic E-state index is 11.0. The molecule has 4 heteroatoms. The molecule has 0 saturated carbocycles. The third-order valence-corrected chi connectivity index (χ3v) is 2.69. The van der Waals surface area contributed by atoms with E-state index in [1.54, 1.807) is 25.6 Å². The van der Waals surface area contributed by atoms with Gasteiger partial charge in [0.25, 0.3) is 0 Å². The molecule has 0 saturated heterocycles. The summed E-state index contributed by atoms with van der Waals surface area (Å²) in [7, 11) is 1.62. The van der Waals surface area contributed by atoms with E-state index in [0.717, 1.165) is 11.3 Å².